The third kappa shape index (κ3) is 45.0. The number of hydrogen-bond acceptors (Lipinski definition) is 6. The van der Waals surface area contributed by atoms with Crippen LogP contribution in [-0.4, -0.2) is 50.2 Å². The van der Waals surface area contributed by atoms with Crippen molar-refractivity contribution in [2.75, 3.05) is 11.5 Å². The Labute approximate surface area is 118 Å². The van der Waals surface area contributed by atoms with Crippen LogP contribution in [-0.2, 0) is 9.59 Å². The van der Waals surface area contributed by atoms with Crippen molar-refractivity contribution < 1.29 is 30.0 Å². The van der Waals surface area contributed by atoms with Crippen molar-refractivity contribution in [1.29, 1.82) is 0 Å². The summed E-state index contributed by atoms with van der Waals surface area (Å²) in [6.07, 6.45) is 0.527. The van der Waals surface area contributed by atoms with E-state index in [4.69, 9.17) is 20.4 Å². The maximum atomic E-state index is 9.55. The number of carbonyl (C=O) groups is 2. The summed E-state index contributed by atoms with van der Waals surface area (Å²) in [4.78, 5) is 19.1. The molecule has 0 heterocycles. The summed E-state index contributed by atoms with van der Waals surface area (Å²) >= 11 is 7.36. The number of carboxylic acid groups (broad SMARTS) is 2. The molecule has 0 spiro atoms. The van der Waals surface area contributed by atoms with E-state index in [0.29, 0.717) is 17.9 Å². The first-order valence-corrected chi connectivity index (χ1v) is 6.59. The van der Waals surface area contributed by atoms with Crippen LogP contribution in [0.4, 0.5) is 0 Å². The van der Waals surface area contributed by atoms with Crippen LogP contribution in [0.5, 0.6) is 0 Å². The highest BCUT2D eigenvalue weighted by atomic mass is 32.1. The first kappa shape index (κ1) is 22.7. The smallest absolute Gasteiger partial charge is 0.304 e. The van der Waals surface area contributed by atoms with Gasteiger partial charge in [-0.3, -0.25) is 9.59 Å². The van der Waals surface area contributed by atoms with Crippen molar-refractivity contribution in [3.05, 3.63) is 0 Å². The molecule has 0 aliphatic heterocycles. The number of aliphatic hydroxyl groups excluding tert-OH is 1. The second kappa shape index (κ2) is 18.9. The van der Waals surface area contributed by atoms with Gasteiger partial charge in [-0.25, -0.2) is 0 Å². The number of hydrogen-bond donors (Lipinski definition) is 6. The molecule has 0 rings (SSSR count). The molecule has 8 heteroatoms. The minimum absolute atomic E-state index is 0.156. The minimum atomic E-state index is -1.10. The average molecular weight is 302 g/mol. The molecule has 0 unspecified atom stereocenters. The third-order valence-electron chi connectivity index (χ3n) is 1.20. The normalized spacial score (nSPS) is 8.78. The molecule has 0 aliphatic rings. The lowest BCUT2D eigenvalue weighted by molar-refractivity contribution is -0.137. The number of aliphatic carboxylic acids is 2. The molecule has 4 N–H and O–H groups in total. The van der Waals surface area contributed by atoms with Crippen LogP contribution in [0, 0.1) is 0 Å². The molecule has 0 aromatic carbocycles. The van der Waals surface area contributed by atoms with Gasteiger partial charge in [-0.2, -0.15) is 25.3 Å². The quantitative estimate of drug-likeness (QED) is 0.320. The van der Waals surface area contributed by atoms with Crippen LogP contribution < -0.4 is 0 Å². The van der Waals surface area contributed by atoms with E-state index in [2.05, 4.69) is 25.3 Å². The van der Waals surface area contributed by atoms with Gasteiger partial charge in [0, 0.05) is 11.5 Å². The van der Waals surface area contributed by atoms with Gasteiger partial charge >= 0.3 is 11.9 Å². The molecule has 0 aliphatic carbocycles. The number of thiol groups is 2. The summed E-state index contributed by atoms with van der Waals surface area (Å²) in [6, 6.07) is 0. The van der Waals surface area contributed by atoms with Gasteiger partial charge in [0.2, 0.25) is 0 Å². The van der Waals surface area contributed by atoms with E-state index < -0.39 is 18.2 Å². The van der Waals surface area contributed by atoms with Gasteiger partial charge in [0.05, 0.1) is 12.8 Å². The molecule has 0 saturated heterocycles. The Morgan fingerprint density at radius 2 is 1.33 bits per heavy atom. The fourth-order valence-corrected chi connectivity index (χ4v) is 0.832. The molecule has 6 nitrogen and oxygen atoms in total. The molecule has 18 heavy (non-hydrogen) atoms. The van der Waals surface area contributed by atoms with E-state index >= 15 is 0 Å². The van der Waals surface area contributed by atoms with Crippen LogP contribution in [0.1, 0.15) is 32.6 Å². The molecule has 0 atom stereocenters. The number of rotatable bonds is 6. The molecule has 110 valence electrons. The molecule has 0 amide bonds. The van der Waals surface area contributed by atoms with Crippen molar-refractivity contribution >= 4 is 37.2 Å². The maximum absolute atomic E-state index is 9.55. The topological polar surface area (TPSA) is 115 Å². The van der Waals surface area contributed by atoms with E-state index in [-0.39, 0.29) is 12.8 Å². The molecule has 0 fully saturated rings. The van der Waals surface area contributed by atoms with Crippen LogP contribution in [0.25, 0.3) is 0 Å². The Morgan fingerprint density at radius 1 is 1.00 bits per heavy atom. The minimum Gasteiger partial charge on any atom is -0.481 e. The zero-order chi connectivity index (χ0) is 15.0. The molecular formula is C10H22O6S2. The lowest BCUT2D eigenvalue weighted by Crippen LogP contribution is -2.01. The Balaban J connectivity index is -0.000000187. The molecule has 0 aromatic rings. The second-order valence-electron chi connectivity index (χ2n) is 3.00. The van der Waals surface area contributed by atoms with Crippen LogP contribution in [0.3, 0.4) is 0 Å². The SMILES string of the molecule is CCCC(O)O.O=C(O)CCS.O=C(O)CCS. The van der Waals surface area contributed by atoms with Crippen molar-refractivity contribution in [3.8, 4) is 0 Å². The zero-order valence-corrected chi connectivity index (χ0v) is 12.1. The summed E-state index contributed by atoms with van der Waals surface area (Å²) in [5.74, 6) is -0.722. The van der Waals surface area contributed by atoms with Gasteiger partial charge < -0.3 is 20.4 Å². The van der Waals surface area contributed by atoms with E-state index in [1.807, 2.05) is 6.92 Å². The average Bonchev–Trinajstić information content (AvgIpc) is 2.18. The van der Waals surface area contributed by atoms with Crippen molar-refractivity contribution in [2.24, 2.45) is 0 Å². The first-order chi connectivity index (χ1) is 8.31. The van der Waals surface area contributed by atoms with Gasteiger partial charge in [0.1, 0.15) is 0 Å². The van der Waals surface area contributed by atoms with E-state index in [1.165, 1.54) is 0 Å². The summed E-state index contributed by atoms with van der Waals surface area (Å²) in [7, 11) is 0. The molecule has 0 bridgehead atoms. The van der Waals surface area contributed by atoms with Crippen LogP contribution in [0.2, 0.25) is 0 Å². The highest BCUT2D eigenvalue weighted by Crippen LogP contribution is 1.88. The first-order valence-electron chi connectivity index (χ1n) is 5.33. The highest BCUT2D eigenvalue weighted by Gasteiger charge is 1.89. The highest BCUT2D eigenvalue weighted by molar-refractivity contribution is 7.80. The van der Waals surface area contributed by atoms with Gasteiger partial charge in [0.15, 0.2) is 6.29 Å². The standard InChI is InChI=1S/C4H10O2.2C3H6O2S/c1-2-3-4(5)6;2*4-3(5)1-2-6/h4-6H,2-3H2,1H3;2*6H,1-2H2,(H,4,5). The predicted octanol–water partition coefficient (Wildman–Crippen LogP) is 0.879. The van der Waals surface area contributed by atoms with Crippen molar-refractivity contribution in [3.63, 3.8) is 0 Å². The monoisotopic (exact) mass is 302 g/mol. The van der Waals surface area contributed by atoms with Gasteiger partial charge in [-0.1, -0.05) is 13.3 Å². The Bertz CT molecular complexity index is 183. The third-order valence-corrected chi connectivity index (χ3v) is 1.65. The summed E-state index contributed by atoms with van der Waals surface area (Å²) in [6.45, 7) is 1.90. The predicted molar refractivity (Wildman–Crippen MR) is 75.3 cm³/mol. The van der Waals surface area contributed by atoms with Crippen molar-refractivity contribution in [1.82, 2.24) is 0 Å². The van der Waals surface area contributed by atoms with Gasteiger partial charge in [-0.05, 0) is 6.42 Å². The summed E-state index contributed by atoms with van der Waals surface area (Å²) in [5, 5.41) is 31.9. The molecular weight excluding hydrogens is 280 g/mol. The van der Waals surface area contributed by atoms with E-state index in [1.54, 1.807) is 0 Å². The fraction of sp³-hybridized carbons (Fsp3) is 0.800. The number of carboxylic acids is 2. The lowest BCUT2D eigenvalue weighted by atomic mass is 10.3. The Kier molecular flexibility index (Phi) is 23.9. The number of aliphatic hydroxyl groups is 2. The molecule has 0 saturated carbocycles. The largest absolute Gasteiger partial charge is 0.481 e. The lowest BCUT2D eigenvalue weighted by Gasteiger charge is -1.94. The van der Waals surface area contributed by atoms with E-state index in [0.717, 1.165) is 6.42 Å². The Morgan fingerprint density at radius 3 is 1.33 bits per heavy atom. The van der Waals surface area contributed by atoms with Gasteiger partial charge in [0.25, 0.3) is 0 Å². The summed E-state index contributed by atoms with van der Waals surface area (Å²) in [5.41, 5.74) is 0. The van der Waals surface area contributed by atoms with Crippen LogP contribution in [0.15, 0.2) is 0 Å². The fourth-order valence-electron chi connectivity index (χ4n) is 0.449. The second-order valence-corrected chi connectivity index (χ2v) is 3.90. The maximum Gasteiger partial charge on any atom is 0.304 e. The summed E-state index contributed by atoms with van der Waals surface area (Å²) < 4.78 is 0. The zero-order valence-electron chi connectivity index (χ0n) is 10.3. The Hall–Kier alpha value is -0.440. The molecule has 0 radical (unpaired) electrons. The van der Waals surface area contributed by atoms with Crippen LogP contribution >= 0.6 is 25.3 Å². The van der Waals surface area contributed by atoms with E-state index in [9.17, 15) is 9.59 Å². The van der Waals surface area contributed by atoms with Crippen molar-refractivity contribution in [2.45, 2.75) is 38.9 Å². The van der Waals surface area contributed by atoms with Gasteiger partial charge in [-0.15, -0.1) is 0 Å². The molecule has 0 aromatic heterocycles.